The maximum Gasteiger partial charge on any atom is 0.338 e. The second-order valence-corrected chi connectivity index (χ2v) is 4.26. The lowest BCUT2D eigenvalue weighted by Gasteiger charge is -2.14. The van der Waals surface area contributed by atoms with E-state index < -0.39 is 5.97 Å². The molecule has 1 aliphatic carbocycles. The first-order valence-corrected chi connectivity index (χ1v) is 5.64. The Balaban J connectivity index is 1.89. The SMILES string of the molecule is N#CC1CCCC1NCc1cc(C(=O)O)co1. The average molecular weight is 234 g/mol. The highest BCUT2D eigenvalue weighted by Crippen LogP contribution is 2.25. The standard InChI is InChI=1S/C12H14N2O3/c13-5-8-2-1-3-11(8)14-6-10-4-9(7-17-10)12(15)16/h4,7-8,11,14H,1-3,6H2,(H,15,16). The molecule has 1 heterocycles. The topological polar surface area (TPSA) is 86.3 Å². The van der Waals surface area contributed by atoms with Gasteiger partial charge in [-0.25, -0.2) is 4.79 Å². The van der Waals surface area contributed by atoms with E-state index in [1.54, 1.807) is 0 Å². The van der Waals surface area contributed by atoms with Gasteiger partial charge in [-0.1, -0.05) is 6.42 Å². The van der Waals surface area contributed by atoms with Crippen molar-refractivity contribution < 1.29 is 14.3 Å². The first kappa shape index (κ1) is 11.7. The van der Waals surface area contributed by atoms with Crippen molar-refractivity contribution in [2.75, 3.05) is 0 Å². The van der Waals surface area contributed by atoms with Crippen molar-refractivity contribution in [3.8, 4) is 6.07 Å². The van der Waals surface area contributed by atoms with Crippen molar-refractivity contribution in [3.63, 3.8) is 0 Å². The minimum atomic E-state index is -0.990. The summed E-state index contributed by atoms with van der Waals surface area (Å²) in [6.07, 6.45) is 4.22. The Labute approximate surface area is 99.0 Å². The fourth-order valence-electron chi connectivity index (χ4n) is 2.18. The Bertz CT molecular complexity index is 447. The number of nitrogens with one attached hydrogen (secondary N) is 1. The maximum absolute atomic E-state index is 10.6. The van der Waals surface area contributed by atoms with E-state index in [-0.39, 0.29) is 17.5 Å². The van der Waals surface area contributed by atoms with E-state index in [2.05, 4.69) is 11.4 Å². The predicted octanol–water partition coefficient (Wildman–Crippen LogP) is 1.76. The lowest BCUT2D eigenvalue weighted by molar-refractivity contribution is 0.0696. The fraction of sp³-hybridized carbons (Fsp3) is 0.500. The van der Waals surface area contributed by atoms with E-state index in [9.17, 15) is 4.79 Å². The highest BCUT2D eigenvalue weighted by molar-refractivity contribution is 5.87. The third-order valence-corrected chi connectivity index (χ3v) is 3.12. The molecular weight excluding hydrogens is 220 g/mol. The Morgan fingerprint density at radius 3 is 3.12 bits per heavy atom. The van der Waals surface area contributed by atoms with Gasteiger partial charge in [-0.2, -0.15) is 5.26 Å². The minimum Gasteiger partial charge on any atom is -0.478 e. The number of rotatable bonds is 4. The van der Waals surface area contributed by atoms with Gasteiger partial charge in [0.05, 0.1) is 24.1 Å². The molecule has 1 fully saturated rings. The van der Waals surface area contributed by atoms with E-state index in [1.165, 1.54) is 12.3 Å². The molecule has 5 nitrogen and oxygen atoms in total. The van der Waals surface area contributed by atoms with Crippen LogP contribution in [0.1, 0.15) is 35.4 Å². The number of carbonyl (C=O) groups is 1. The van der Waals surface area contributed by atoms with Crippen LogP contribution in [0.15, 0.2) is 16.7 Å². The molecule has 0 radical (unpaired) electrons. The van der Waals surface area contributed by atoms with E-state index in [1.807, 2.05) is 0 Å². The number of carboxylic acids is 1. The van der Waals surface area contributed by atoms with Crippen molar-refractivity contribution >= 4 is 5.97 Å². The summed E-state index contributed by atoms with van der Waals surface area (Å²) in [7, 11) is 0. The summed E-state index contributed by atoms with van der Waals surface area (Å²) in [6, 6.07) is 3.99. The summed E-state index contributed by atoms with van der Waals surface area (Å²) < 4.78 is 5.13. The number of hydrogen-bond acceptors (Lipinski definition) is 4. The van der Waals surface area contributed by atoms with Crippen LogP contribution in [0.3, 0.4) is 0 Å². The zero-order valence-corrected chi connectivity index (χ0v) is 9.35. The predicted molar refractivity (Wildman–Crippen MR) is 59.2 cm³/mol. The number of aromatic carboxylic acids is 1. The van der Waals surface area contributed by atoms with Crippen molar-refractivity contribution in [2.24, 2.45) is 5.92 Å². The van der Waals surface area contributed by atoms with Crippen LogP contribution in [0.4, 0.5) is 0 Å². The molecule has 2 N–H and O–H groups in total. The first-order valence-electron chi connectivity index (χ1n) is 5.64. The third kappa shape index (κ3) is 2.66. The minimum absolute atomic E-state index is 0.0592. The molecule has 0 amide bonds. The van der Waals surface area contributed by atoms with Gasteiger partial charge in [0.15, 0.2) is 0 Å². The second kappa shape index (κ2) is 5.02. The van der Waals surface area contributed by atoms with Crippen molar-refractivity contribution in [2.45, 2.75) is 31.8 Å². The fourth-order valence-corrected chi connectivity index (χ4v) is 2.18. The molecule has 1 aliphatic rings. The smallest absolute Gasteiger partial charge is 0.338 e. The number of furan rings is 1. The molecule has 2 atom stereocenters. The lowest BCUT2D eigenvalue weighted by Crippen LogP contribution is -2.31. The summed E-state index contributed by atoms with van der Waals surface area (Å²) in [4.78, 5) is 10.6. The quantitative estimate of drug-likeness (QED) is 0.828. The van der Waals surface area contributed by atoms with E-state index in [4.69, 9.17) is 14.8 Å². The molecule has 0 aliphatic heterocycles. The first-order chi connectivity index (χ1) is 8.20. The lowest BCUT2D eigenvalue weighted by atomic mass is 10.1. The molecule has 0 saturated heterocycles. The Morgan fingerprint density at radius 1 is 1.65 bits per heavy atom. The van der Waals surface area contributed by atoms with Gasteiger partial charge in [0, 0.05) is 6.04 Å². The molecule has 0 aromatic carbocycles. The summed E-state index contributed by atoms with van der Waals surface area (Å²) in [6.45, 7) is 0.468. The zero-order chi connectivity index (χ0) is 12.3. The van der Waals surface area contributed by atoms with Crippen LogP contribution in [-0.4, -0.2) is 17.1 Å². The van der Waals surface area contributed by atoms with Gasteiger partial charge in [0.25, 0.3) is 0 Å². The van der Waals surface area contributed by atoms with Crippen LogP contribution < -0.4 is 5.32 Å². The monoisotopic (exact) mass is 234 g/mol. The van der Waals surface area contributed by atoms with Crippen molar-refractivity contribution in [1.82, 2.24) is 5.32 Å². The Kier molecular flexibility index (Phi) is 3.45. The van der Waals surface area contributed by atoms with Crippen molar-refractivity contribution in [3.05, 3.63) is 23.7 Å². The summed E-state index contributed by atoms with van der Waals surface area (Å²) in [5, 5.41) is 20.9. The summed E-state index contributed by atoms with van der Waals surface area (Å²) in [5.74, 6) is -0.342. The molecule has 2 unspecified atom stereocenters. The molecule has 0 spiro atoms. The van der Waals surface area contributed by atoms with Gasteiger partial charge < -0.3 is 14.8 Å². The van der Waals surface area contributed by atoms with E-state index in [0.29, 0.717) is 12.3 Å². The number of carboxylic acid groups (broad SMARTS) is 1. The normalized spacial score (nSPS) is 23.5. The molecule has 1 aromatic rings. The zero-order valence-electron chi connectivity index (χ0n) is 9.35. The average Bonchev–Trinajstić information content (AvgIpc) is 2.95. The van der Waals surface area contributed by atoms with Gasteiger partial charge in [-0.15, -0.1) is 0 Å². The van der Waals surface area contributed by atoms with E-state index in [0.717, 1.165) is 19.3 Å². The van der Waals surface area contributed by atoms with Gasteiger partial charge in [-0.05, 0) is 18.9 Å². The number of nitrogens with zero attached hydrogens (tertiary/aromatic N) is 1. The van der Waals surface area contributed by atoms with Crippen LogP contribution in [-0.2, 0) is 6.54 Å². The molecule has 1 saturated carbocycles. The Hall–Kier alpha value is -1.80. The van der Waals surface area contributed by atoms with Gasteiger partial charge in [0.2, 0.25) is 0 Å². The number of nitriles is 1. The largest absolute Gasteiger partial charge is 0.478 e. The summed E-state index contributed by atoms with van der Waals surface area (Å²) >= 11 is 0. The van der Waals surface area contributed by atoms with Crippen LogP contribution in [0.2, 0.25) is 0 Å². The Morgan fingerprint density at radius 2 is 2.47 bits per heavy atom. The van der Waals surface area contributed by atoms with Crippen molar-refractivity contribution in [1.29, 1.82) is 5.26 Å². The summed E-state index contributed by atoms with van der Waals surface area (Å²) in [5.41, 5.74) is 0.157. The maximum atomic E-state index is 10.6. The van der Waals surface area contributed by atoms with Crippen LogP contribution in [0.5, 0.6) is 0 Å². The van der Waals surface area contributed by atoms with Gasteiger partial charge in [0.1, 0.15) is 12.0 Å². The van der Waals surface area contributed by atoms with Crippen LogP contribution in [0, 0.1) is 17.2 Å². The second-order valence-electron chi connectivity index (χ2n) is 4.26. The molecule has 90 valence electrons. The molecule has 2 rings (SSSR count). The van der Waals surface area contributed by atoms with E-state index >= 15 is 0 Å². The highest BCUT2D eigenvalue weighted by atomic mass is 16.4. The number of hydrogen-bond donors (Lipinski definition) is 2. The molecule has 17 heavy (non-hydrogen) atoms. The third-order valence-electron chi connectivity index (χ3n) is 3.12. The van der Waals surface area contributed by atoms with Gasteiger partial charge >= 0.3 is 5.97 Å². The molecular formula is C12H14N2O3. The molecule has 0 bridgehead atoms. The van der Waals surface area contributed by atoms with Gasteiger partial charge in [-0.3, -0.25) is 0 Å². The molecule has 5 heteroatoms. The van der Waals surface area contributed by atoms with Crippen LogP contribution in [0.25, 0.3) is 0 Å². The molecule has 1 aromatic heterocycles. The van der Waals surface area contributed by atoms with Crippen LogP contribution >= 0.6 is 0 Å². The highest BCUT2D eigenvalue weighted by Gasteiger charge is 2.26.